The molecule has 2 N–H and O–H groups in total. The van der Waals surface area contributed by atoms with E-state index >= 15 is 0 Å². The summed E-state index contributed by atoms with van der Waals surface area (Å²) in [6.07, 6.45) is 0.764. The average Bonchev–Trinajstić information content (AvgIpc) is 3.30. The largest absolute Gasteiger partial charge is 0.332 e. The van der Waals surface area contributed by atoms with E-state index in [1.54, 1.807) is 10.6 Å². The summed E-state index contributed by atoms with van der Waals surface area (Å²) in [5.41, 5.74) is 4.33. The summed E-state index contributed by atoms with van der Waals surface area (Å²) in [5, 5.41) is 19.9. The lowest BCUT2D eigenvalue weighted by atomic mass is 10.1. The van der Waals surface area contributed by atoms with Gasteiger partial charge in [-0.1, -0.05) is 48.1 Å². The SMILES string of the molecule is CCc1nnc2sc(-c3ccc(C)c(NC(=S)NC(=O)c4cccc(C)c4)c3)nn12. The lowest BCUT2D eigenvalue weighted by Crippen LogP contribution is -2.34. The zero-order chi connectivity index (χ0) is 21.3. The molecule has 152 valence electrons. The van der Waals surface area contributed by atoms with Crippen LogP contribution in [0, 0.1) is 13.8 Å². The van der Waals surface area contributed by atoms with Gasteiger partial charge in [-0.25, -0.2) is 0 Å². The molecule has 4 rings (SSSR count). The number of hydrogen-bond donors (Lipinski definition) is 2. The van der Waals surface area contributed by atoms with Gasteiger partial charge in [0.05, 0.1) is 0 Å². The number of aryl methyl sites for hydroxylation is 3. The zero-order valence-electron chi connectivity index (χ0n) is 16.8. The first kappa shape index (κ1) is 20.1. The van der Waals surface area contributed by atoms with E-state index in [0.717, 1.165) is 44.6 Å². The molecule has 0 saturated carbocycles. The predicted molar refractivity (Wildman–Crippen MR) is 123 cm³/mol. The minimum atomic E-state index is -0.245. The van der Waals surface area contributed by atoms with Gasteiger partial charge in [-0.15, -0.1) is 10.2 Å². The Kier molecular flexibility index (Phi) is 5.56. The Labute approximate surface area is 183 Å². The Morgan fingerprint density at radius 1 is 1.17 bits per heavy atom. The number of aromatic nitrogens is 4. The van der Waals surface area contributed by atoms with Crippen molar-refractivity contribution in [2.24, 2.45) is 0 Å². The van der Waals surface area contributed by atoms with Gasteiger partial charge in [0, 0.05) is 23.2 Å². The first-order chi connectivity index (χ1) is 14.4. The molecule has 2 heterocycles. The molecule has 0 saturated heterocycles. The number of carbonyl (C=O) groups is 1. The maximum Gasteiger partial charge on any atom is 0.257 e. The Morgan fingerprint density at radius 2 is 2.00 bits per heavy atom. The summed E-state index contributed by atoms with van der Waals surface area (Å²) in [5.74, 6) is 0.587. The number of nitrogens with zero attached hydrogens (tertiary/aromatic N) is 4. The van der Waals surface area contributed by atoms with E-state index in [-0.39, 0.29) is 11.0 Å². The van der Waals surface area contributed by atoms with Gasteiger partial charge in [0.1, 0.15) is 5.01 Å². The molecule has 9 heteroatoms. The van der Waals surface area contributed by atoms with Gasteiger partial charge < -0.3 is 5.32 Å². The quantitative estimate of drug-likeness (QED) is 0.468. The third-order valence-corrected chi connectivity index (χ3v) is 5.76. The number of amides is 1. The molecule has 0 fully saturated rings. The lowest BCUT2D eigenvalue weighted by Gasteiger charge is -2.13. The van der Waals surface area contributed by atoms with Crippen molar-refractivity contribution in [2.45, 2.75) is 27.2 Å². The molecular weight excluding hydrogens is 416 g/mol. The molecule has 0 unspecified atom stereocenters. The van der Waals surface area contributed by atoms with E-state index in [1.165, 1.54) is 11.3 Å². The monoisotopic (exact) mass is 436 g/mol. The predicted octanol–water partition coefficient (Wildman–Crippen LogP) is 4.16. The van der Waals surface area contributed by atoms with E-state index < -0.39 is 0 Å². The van der Waals surface area contributed by atoms with Crippen molar-refractivity contribution >= 4 is 45.2 Å². The van der Waals surface area contributed by atoms with Crippen LogP contribution < -0.4 is 10.6 Å². The van der Waals surface area contributed by atoms with Crippen LogP contribution in [-0.4, -0.2) is 30.8 Å². The number of nitrogens with one attached hydrogen (secondary N) is 2. The fourth-order valence-electron chi connectivity index (χ4n) is 3.00. The van der Waals surface area contributed by atoms with Crippen molar-refractivity contribution in [3.63, 3.8) is 0 Å². The van der Waals surface area contributed by atoms with E-state index in [4.69, 9.17) is 12.2 Å². The van der Waals surface area contributed by atoms with Crippen LogP contribution >= 0.6 is 23.6 Å². The minimum Gasteiger partial charge on any atom is -0.332 e. The number of anilines is 1. The van der Waals surface area contributed by atoms with E-state index in [2.05, 4.69) is 25.9 Å². The molecule has 1 amide bonds. The van der Waals surface area contributed by atoms with Crippen LogP contribution in [-0.2, 0) is 6.42 Å². The fraction of sp³-hybridized carbons (Fsp3) is 0.190. The molecule has 2 aromatic heterocycles. The summed E-state index contributed by atoms with van der Waals surface area (Å²) in [6.45, 7) is 5.94. The van der Waals surface area contributed by atoms with E-state index in [9.17, 15) is 4.79 Å². The molecule has 0 aliphatic heterocycles. The highest BCUT2D eigenvalue weighted by Gasteiger charge is 2.14. The molecule has 0 aliphatic rings. The van der Waals surface area contributed by atoms with Crippen LogP contribution in [0.2, 0.25) is 0 Å². The zero-order valence-corrected chi connectivity index (χ0v) is 18.4. The van der Waals surface area contributed by atoms with Crippen LogP contribution in [0.4, 0.5) is 5.69 Å². The second-order valence-corrected chi connectivity index (χ2v) is 8.24. The number of fused-ring (bicyclic) bond motifs is 1. The molecular formula is C21H20N6OS2. The summed E-state index contributed by atoms with van der Waals surface area (Å²) < 4.78 is 1.78. The molecule has 0 radical (unpaired) electrons. The Balaban J connectivity index is 1.53. The van der Waals surface area contributed by atoms with Crippen LogP contribution in [0.3, 0.4) is 0 Å². The standard InChI is InChI=1S/C21H20N6OS2/c1-4-17-24-25-21-27(17)26-19(30-21)15-9-8-13(3)16(11-15)22-20(29)23-18(28)14-7-5-6-12(2)10-14/h5-11H,4H2,1-3H3,(H2,22,23,28,29). The summed E-state index contributed by atoms with van der Waals surface area (Å²) in [4.78, 5) is 13.2. The van der Waals surface area contributed by atoms with Gasteiger partial charge >= 0.3 is 0 Å². The summed E-state index contributed by atoms with van der Waals surface area (Å²) in [6, 6.07) is 13.3. The van der Waals surface area contributed by atoms with Crippen molar-refractivity contribution in [2.75, 3.05) is 5.32 Å². The maximum atomic E-state index is 12.4. The van der Waals surface area contributed by atoms with Gasteiger partial charge in [0.15, 0.2) is 10.9 Å². The number of benzene rings is 2. The van der Waals surface area contributed by atoms with Gasteiger partial charge in [-0.05, 0) is 49.8 Å². The number of rotatable bonds is 4. The van der Waals surface area contributed by atoms with Crippen LogP contribution in [0.1, 0.15) is 34.2 Å². The fourth-order valence-corrected chi connectivity index (χ4v) is 4.06. The topological polar surface area (TPSA) is 84.2 Å². The summed E-state index contributed by atoms with van der Waals surface area (Å²) >= 11 is 6.83. The molecule has 0 aliphatic carbocycles. The molecule has 4 aromatic rings. The van der Waals surface area contributed by atoms with Gasteiger partial charge in [-0.3, -0.25) is 10.1 Å². The number of hydrogen-bond acceptors (Lipinski definition) is 6. The van der Waals surface area contributed by atoms with Crippen molar-refractivity contribution < 1.29 is 4.79 Å². The molecule has 30 heavy (non-hydrogen) atoms. The highest BCUT2D eigenvalue weighted by Crippen LogP contribution is 2.29. The lowest BCUT2D eigenvalue weighted by molar-refractivity contribution is 0.0977. The Morgan fingerprint density at radius 3 is 2.77 bits per heavy atom. The first-order valence-electron chi connectivity index (χ1n) is 9.45. The van der Waals surface area contributed by atoms with E-state index in [0.29, 0.717) is 5.56 Å². The van der Waals surface area contributed by atoms with Crippen molar-refractivity contribution in [3.8, 4) is 10.6 Å². The molecule has 0 atom stereocenters. The molecule has 2 aromatic carbocycles. The maximum absolute atomic E-state index is 12.4. The van der Waals surface area contributed by atoms with Crippen LogP contribution in [0.15, 0.2) is 42.5 Å². The third-order valence-electron chi connectivity index (χ3n) is 4.61. The van der Waals surface area contributed by atoms with Gasteiger partial charge in [0.25, 0.3) is 5.91 Å². The third kappa shape index (κ3) is 4.07. The van der Waals surface area contributed by atoms with Crippen LogP contribution in [0.5, 0.6) is 0 Å². The average molecular weight is 437 g/mol. The Bertz CT molecular complexity index is 1260. The van der Waals surface area contributed by atoms with Gasteiger partial charge in [-0.2, -0.15) is 9.61 Å². The highest BCUT2D eigenvalue weighted by atomic mass is 32.1. The first-order valence-corrected chi connectivity index (χ1v) is 10.7. The number of thiocarbonyl (C=S) groups is 1. The van der Waals surface area contributed by atoms with Crippen molar-refractivity contribution in [1.29, 1.82) is 0 Å². The van der Waals surface area contributed by atoms with E-state index in [1.807, 2.05) is 57.2 Å². The molecule has 7 nitrogen and oxygen atoms in total. The van der Waals surface area contributed by atoms with Crippen LogP contribution in [0.25, 0.3) is 15.5 Å². The van der Waals surface area contributed by atoms with Crippen molar-refractivity contribution in [1.82, 2.24) is 25.1 Å². The number of carbonyl (C=O) groups excluding carboxylic acids is 1. The Hall–Kier alpha value is -3.17. The summed E-state index contributed by atoms with van der Waals surface area (Å²) in [7, 11) is 0. The second kappa shape index (κ2) is 8.29. The molecule has 0 spiro atoms. The second-order valence-electron chi connectivity index (χ2n) is 6.88. The highest BCUT2D eigenvalue weighted by molar-refractivity contribution is 7.80. The van der Waals surface area contributed by atoms with Gasteiger partial charge in [0.2, 0.25) is 4.96 Å². The van der Waals surface area contributed by atoms with Crippen molar-refractivity contribution in [3.05, 3.63) is 65.0 Å². The molecule has 0 bridgehead atoms. The smallest absolute Gasteiger partial charge is 0.257 e. The minimum absolute atomic E-state index is 0.244. The normalized spacial score (nSPS) is 10.9.